The highest BCUT2D eigenvalue weighted by atomic mass is 32.2. The zero-order valence-electron chi connectivity index (χ0n) is 16.7. The second-order valence-corrected chi connectivity index (χ2v) is 10.5. The van der Waals surface area contributed by atoms with Crippen molar-refractivity contribution in [3.8, 4) is 11.3 Å². The van der Waals surface area contributed by atoms with Crippen molar-refractivity contribution in [3.05, 3.63) is 59.9 Å². The van der Waals surface area contributed by atoms with Gasteiger partial charge < -0.3 is 4.55 Å². The lowest BCUT2D eigenvalue weighted by atomic mass is 9.99. The molecule has 1 N–H and O–H groups in total. The number of pyridine rings is 1. The van der Waals surface area contributed by atoms with E-state index < -0.39 is 11.4 Å². The minimum atomic E-state index is -1.22. The topological polar surface area (TPSA) is 48.0 Å². The van der Waals surface area contributed by atoms with Crippen LogP contribution in [0.3, 0.4) is 0 Å². The second kappa shape index (κ2) is 8.41. The largest absolute Gasteiger partial charge is 0.598 e. The summed E-state index contributed by atoms with van der Waals surface area (Å²) in [6.45, 7) is 7.80. The smallest absolute Gasteiger partial charge is 0.136 e. The van der Waals surface area contributed by atoms with Gasteiger partial charge in [0.15, 0.2) is 0 Å². The van der Waals surface area contributed by atoms with Crippen molar-refractivity contribution in [2.75, 3.05) is 6.26 Å². The highest BCUT2D eigenvalue weighted by Crippen LogP contribution is 2.36. The predicted molar refractivity (Wildman–Crippen MR) is 118 cm³/mol. The van der Waals surface area contributed by atoms with Crippen LogP contribution in [0.2, 0.25) is 0 Å². The zero-order valence-corrected chi connectivity index (χ0v) is 18.4. The molecule has 0 aliphatic carbocycles. The number of rotatable bonds is 5. The maximum atomic E-state index is 13.8. The van der Waals surface area contributed by atoms with Crippen molar-refractivity contribution in [3.63, 3.8) is 0 Å². The molecule has 1 aromatic heterocycles. The summed E-state index contributed by atoms with van der Waals surface area (Å²) in [5.74, 6) is -0.308. The number of thioether (sulfide) groups is 1. The van der Waals surface area contributed by atoms with Gasteiger partial charge in [-0.15, -0.1) is 16.5 Å². The first-order valence-corrected chi connectivity index (χ1v) is 11.5. The van der Waals surface area contributed by atoms with E-state index in [1.807, 2.05) is 64.3 Å². The summed E-state index contributed by atoms with van der Waals surface area (Å²) in [5.41, 5.74) is 3.33. The standard InChI is InChI=1S/C22H25FN2OS2/c1-14(25-28(26)22(2,3)4)18-12-15-10-11-16(23)13-19(15)24-21(18)17-8-6-7-9-20(17)27-5/h6-14,25H,1-5H3/t14-,28?/m0/s1. The lowest BCUT2D eigenvalue weighted by Gasteiger charge is -2.27. The Morgan fingerprint density at radius 3 is 2.54 bits per heavy atom. The maximum Gasteiger partial charge on any atom is 0.136 e. The Morgan fingerprint density at radius 1 is 1.14 bits per heavy atom. The van der Waals surface area contributed by atoms with Gasteiger partial charge in [-0.05, 0) is 58.2 Å². The normalized spacial score (nSPS) is 14.2. The molecule has 0 amide bonds. The molecule has 2 aromatic carbocycles. The van der Waals surface area contributed by atoms with Crippen molar-refractivity contribution >= 4 is 34.0 Å². The van der Waals surface area contributed by atoms with Gasteiger partial charge in [0.05, 0.1) is 17.3 Å². The van der Waals surface area contributed by atoms with Gasteiger partial charge in [0.2, 0.25) is 0 Å². The first kappa shape index (κ1) is 21.1. The third kappa shape index (κ3) is 4.51. The van der Waals surface area contributed by atoms with Crippen molar-refractivity contribution < 1.29 is 8.94 Å². The summed E-state index contributed by atoms with van der Waals surface area (Å²) in [4.78, 5) is 5.91. The molecule has 3 nitrogen and oxygen atoms in total. The maximum absolute atomic E-state index is 13.8. The highest BCUT2D eigenvalue weighted by Gasteiger charge is 2.29. The molecule has 2 atom stereocenters. The quantitative estimate of drug-likeness (QED) is 0.417. The lowest BCUT2D eigenvalue weighted by Crippen LogP contribution is -2.40. The number of aromatic nitrogens is 1. The molecule has 6 heteroatoms. The summed E-state index contributed by atoms with van der Waals surface area (Å²) in [7, 11) is 0. The molecule has 0 saturated heterocycles. The zero-order chi connectivity index (χ0) is 20.5. The summed E-state index contributed by atoms with van der Waals surface area (Å²) in [6, 6.07) is 14.5. The van der Waals surface area contributed by atoms with Gasteiger partial charge >= 0.3 is 0 Å². The van der Waals surface area contributed by atoms with Crippen LogP contribution in [-0.4, -0.2) is 20.5 Å². The van der Waals surface area contributed by atoms with Gasteiger partial charge in [-0.25, -0.2) is 9.37 Å². The van der Waals surface area contributed by atoms with Crippen LogP contribution in [0, 0.1) is 5.82 Å². The average Bonchev–Trinajstić information content (AvgIpc) is 2.66. The number of hydrogen-bond acceptors (Lipinski definition) is 4. The third-order valence-electron chi connectivity index (χ3n) is 4.48. The van der Waals surface area contributed by atoms with Crippen LogP contribution in [0.1, 0.15) is 39.3 Å². The van der Waals surface area contributed by atoms with Crippen LogP contribution in [0.5, 0.6) is 0 Å². The molecule has 0 fully saturated rings. The number of fused-ring (bicyclic) bond motifs is 1. The fourth-order valence-corrected chi connectivity index (χ4v) is 4.34. The molecule has 0 bridgehead atoms. The Bertz CT molecular complexity index is 988. The van der Waals surface area contributed by atoms with Crippen LogP contribution in [0.15, 0.2) is 53.4 Å². The summed E-state index contributed by atoms with van der Waals surface area (Å²) in [6.07, 6.45) is 2.02. The molecule has 28 heavy (non-hydrogen) atoms. The number of benzene rings is 2. The summed E-state index contributed by atoms with van der Waals surface area (Å²) < 4.78 is 29.3. The molecule has 1 unspecified atom stereocenters. The van der Waals surface area contributed by atoms with Gasteiger partial charge in [-0.3, -0.25) is 0 Å². The molecule has 148 valence electrons. The van der Waals surface area contributed by atoms with Crippen molar-refractivity contribution in [1.82, 2.24) is 9.71 Å². The Hall–Kier alpha value is -1.60. The molecular formula is C22H25FN2OS2. The van der Waals surface area contributed by atoms with E-state index in [-0.39, 0.29) is 16.6 Å². The fourth-order valence-electron chi connectivity index (χ4n) is 2.94. The molecule has 0 aliphatic heterocycles. The minimum Gasteiger partial charge on any atom is -0.598 e. The van der Waals surface area contributed by atoms with Gasteiger partial charge in [0.1, 0.15) is 10.6 Å². The summed E-state index contributed by atoms with van der Waals surface area (Å²) in [5, 5.41) is 0.858. The van der Waals surface area contributed by atoms with E-state index in [2.05, 4.69) is 4.72 Å². The molecule has 3 aromatic rings. The van der Waals surface area contributed by atoms with Gasteiger partial charge in [-0.1, -0.05) is 18.2 Å². The molecule has 0 spiro atoms. The third-order valence-corrected chi connectivity index (χ3v) is 6.95. The van der Waals surface area contributed by atoms with Gasteiger partial charge in [-0.2, -0.15) is 0 Å². The van der Waals surface area contributed by atoms with Crippen LogP contribution in [-0.2, 0) is 11.4 Å². The van der Waals surface area contributed by atoms with E-state index >= 15 is 0 Å². The number of hydrogen-bond donors (Lipinski definition) is 1. The van der Waals surface area contributed by atoms with Crippen molar-refractivity contribution in [1.29, 1.82) is 0 Å². The first-order valence-electron chi connectivity index (χ1n) is 9.12. The van der Waals surface area contributed by atoms with E-state index in [9.17, 15) is 8.94 Å². The number of halogens is 1. The van der Waals surface area contributed by atoms with E-state index in [1.165, 1.54) is 12.1 Å². The SMILES string of the molecule is CSc1ccccc1-c1nc2cc(F)ccc2cc1[C@H](C)N[S+]([O-])C(C)(C)C. The van der Waals surface area contributed by atoms with Crippen molar-refractivity contribution in [2.45, 2.75) is 43.4 Å². The van der Waals surface area contributed by atoms with Gasteiger partial charge in [0, 0.05) is 38.8 Å². The second-order valence-electron chi connectivity index (χ2n) is 7.68. The lowest BCUT2D eigenvalue weighted by molar-refractivity contribution is 0.531. The molecule has 0 radical (unpaired) electrons. The Kier molecular flexibility index (Phi) is 6.34. The molecular weight excluding hydrogens is 391 g/mol. The fraction of sp³-hybridized carbons (Fsp3) is 0.318. The minimum absolute atomic E-state index is 0.188. The summed E-state index contributed by atoms with van der Waals surface area (Å²) >= 11 is 0.423. The Morgan fingerprint density at radius 2 is 1.86 bits per heavy atom. The van der Waals surface area contributed by atoms with Crippen LogP contribution >= 0.6 is 11.8 Å². The Balaban J connectivity index is 2.18. The molecule has 0 aliphatic rings. The van der Waals surface area contributed by atoms with E-state index in [1.54, 1.807) is 17.8 Å². The predicted octanol–water partition coefficient (Wildman–Crippen LogP) is 5.88. The molecule has 3 rings (SSSR count). The number of nitrogens with one attached hydrogen (secondary N) is 1. The average molecular weight is 417 g/mol. The van der Waals surface area contributed by atoms with E-state index in [0.717, 1.165) is 27.1 Å². The van der Waals surface area contributed by atoms with Crippen LogP contribution < -0.4 is 4.72 Å². The van der Waals surface area contributed by atoms with E-state index in [4.69, 9.17) is 4.98 Å². The first-order chi connectivity index (χ1) is 13.2. The Labute approximate surface area is 173 Å². The van der Waals surface area contributed by atoms with Crippen molar-refractivity contribution in [2.24, 2.45) is 0 Å². The highest BCUT2D eigenvalue weighted by molar-refractivity contribution is 7.98. The molecule has 1 heterocycles. The van der Waals surface area contributed by atoms with Crippen LogP contribution in [0.4, 0.5) is 4.39 Å². The number of nitrogens with zero attached hydrogens (tertiary/aromatic N) is 1. The van der Waals surface area contributed by atoms with Crippen LogP contribution in [0.25, 0.3) is 22.2 Å². The van der Waals surface area contributed by atoms with E-state index in [0.29, 0.717) is 5.52 Å². The monoisotopic (exact) mass is 416 g/mol. The molecule has 0 saturated carbocycles. The van der Waals surface area contributed by atoms with Gasteiger partial charge in [0.25, 0.3) is 0 Å².